The summed E-state index contributed by atoms with van der Waals surface area (Å²) in [5.41, 5.74) is -2.96. The minimum atomic E-state index is -0.879. The van der Waals surface area contributed by atoms with Crippen LogP contribution in [-0.2, 0) is 0 Å². The van der Waals surface area contributed by atoms with E-state index < -0.39 is 21.7 Å². The lowest BCUT2D eigenvalue weighted by molar-refractivity contribution is 0.415. The van der Waals surface area contributed by atoms with Gasteiger partial charge < -0.3 is 13.9 Å². The third-order valence-electron chi connectivity index (χ3n) is 5.21. The number of rotatable bonds is 2. The summed E-state index contributed by atoms with van der Waals surface area (Å²) < 4.78 is 16.1. The van der Waals surface area contributed by atoms with Crippen molar-refractivity contribution in [2.24, 2.45) is 0 Å². The summed E-state index contributed by atoms with van der Waals surface area (Å²) in [7, 11) is 2.90. The van der Waals surface area contributed by atoms with Gasteiger partial charge in [0.1, 0.15) is 17.1 Å². The Morgan fingerprint density at radius 1 is 0.586 bits per heavy atom. The topological polar surface area (TPSA) is 99.9 Å². The van der Waals surface area contributed by atoms with Gasteiger partial charge in [0, 0.05) is 21.5 Å². The van der Waals surface area contributed by atoms with Gasteiger partial charge in [0.15, 0.2) is 11.0 Å². The molecule has 0 fully saturated rings. The standard InChI is InChI=1S/C22H12O7/c1-27-9-3-5-11-13(7-9)17(23)15-16-20(26)18(24)12-6-4-10(28-2)8-14(12)21(16)29-22(15)19(11)25/h3-8H,1-2H3. The molecule has 0 aliphatic carbocycles. The van der Waals surface area contributed by atoms with E-state index in [-0.39, 0.29) is 38.1 Å². The number of methoxy groups -OCH3 is 2. The van der Waals surface area contributed by atoms with E-state index in [9.17, 15) is 19.2 Å². The summed E-state index contributed by atoms with van der Waals surface area (Å²) in [5.74, 6) is 0.833. The zero-order valence-corrected chi connectivity index (χ0v) is 15.3. The third-order valence-corrected chi connectivity index (χ3v) is 5.21. The summed E-state index contributed by atoms with van der Waals surface area (Å²) in [4.78, 5) is 51.6. The van der Waals surface area contributed by atoms with Gasteiger partial charge in [0.2, 0.25) is 16.3 Å². The van der Waals surface area contributed by atoms with Gasteiger partial charge in [-0.25, -0.2) is 0 Å². The number of hydrogen-bond acceptors (Lipinski definition) is 7. The van der Waals surface area contributed by atoms with Gasteiger partial charge >= 0.3 is 0 Å². The number of benzene rings is 4. The van der Waals surface area contributed by atoms with Crippen LogP contribution in [-0.4, -0.2) is 14.2 Å². The molecule has 29 heavy (non-hydrogen) atoms. The Balaban J connectivity index is 2.14. The molecule has 142 valence electrons. The van der Waals surface area contributed by atoms with Crippen molar-refractivity contribution in [1.29, 1.82) is 0 Å². The first-order valence-corrected chi connectivity index (χ1v) is 8.68. The van der Waals surface area contributed by atoms with E-state index in [2.05, 4.69) is 0 Å². The van der Waals surface area contributed by atoms with Crippen molar-refractivity contribution < 1.29 is 13.9 Å². The Bertz CT molecular complexity index is 1700. The molecule has 0 unspecified atom stereocenters. The quantitative estimate of drug-likeness (QED) is 0.428. The lowest BCUT2D eigenvalue weighted by Crippen LogP contribution is -2.24. The highest BCUT2D eigenvalue weighted by atomic mass is 16.5. The fraction of sp³-hybridized carbons (Fsp3) is 0.0909. The second kappa shape index (κ2) is 5.75. The van der Waals surface area contributed by atoms with E-state index in [4.69, 9.17) is 13.9 Å². The van der Waals surface area contributed by atoms with Crippen molar-refractivity contribution >= 4 is 43.5 Å². The van der Waals surface area contributed by atoms with Crippen LogP contribution in [0, 0.1) is 0 Å². The number of ether oxygens (including phenoxy) is 2. The van der Waals surface area contributed by atoms with Gasteiger partial charge in [0.05, 0.1) is 25.0 Å². The molecule has 7 nitrogen and oxygen atoms in total. The van der Waals surface area contributed by atoms with Crippen LogP contribution in [0.3, 0.4) is 0 Å². The van der Waals surface area contributed by atoms with Gasteiger partial charge in [-0.3, -0.25) is 19.2 Å². The molecule has 0 bridgehead atoms. The lowest BCUT2D eigenvalue weighted by atomic mass is 10.0. The molecule has 4 aromatic carbocycles. The van der Waals surface area contributed by atoms with Crippen molar-refractivity contribution in [3.8, 4) is 11.5 Å². The fourth-order valence-electron chi connectivity index (χ4n) is 3.78. The van der Waals surface area contributed by atoms with E-state index in [0.29, 0.717) is 16.9 Å². The fourth-order valence-corrected chi connectivity index (χ4v) is 3.78. The first-order chi connectivity index (χ1) is 14.0. The molecule has 0 aliphatic rings. The first kappa shape index (κ1) is 17.1. The normalized spacial score (nSPS) is 11.7. The largest absolute Gasteiger partial charge is 0.497 e. The maximum atomic E-state index is 13.2. The summed E-state index contributed by atoms with van der Waals surface area (Å²) in [5, 5.41) is 0.324. The summed E-state index contributed by atoms with van der Waals surface area (Å²) in [6.45, 7) is 0. The predicted molar refractivity (Wildman–Crippen MR) is 109 cm³/mol. The Morgan fingerprint density at radius 2 is 1.14 bits per heavy atom. The highest BCUT2D eigenvalue weighted by Gasteiger charge is 2.23. The molecule has 0 N–H and O–H groups in total. The minimum absolute atomic E-state index is 0.0231. The lowest BCUT2D eigenvalue weighted by Gasteiger charge is -2.02. The van der Waals surface area contributed by atoms with E-state index in [1.165, 1.54) is 32.4 Å². The second-order valence-electron chi connectivity index (χ2n) is 6.65. The van der Waals surface area contributed by atoms with Crippen LogP contribution in [0.4, 0.5) is 0 Å². The maximum Gasteiger partial charge on any atom is 0.238 e. The van der Waals surface area contributed by atoms with E-state index in [0.717, 1.165) is 0 Å². The molecule has 1 aromatic heterocycles. The summed E-state index contributed by atoms with van der Waals surface area (Å²) in [6, 6.07) is 9.02. The molecule has 5 aromatic rings. The Labute approximate surface area is 161 Å². The van der Waals surface area contributed by atoms with Crippen molar-refractivity contribution in [2.75, 3.05) is 14.2 Å². The molecule has 0 saturated heterocycles. The van der Waals surface area contributed by atoms with Gasteiger partial charge in [-0.15, -0.1) is 0 Å². The molecule has 0 saturated carbocycles. The van der Waals surface area contributed by atoms with Crippen molar-refractivity contribution in [2.45, 2.75) is 0 Å². The minimum Gasteiger partial charge on any atom is -0.497 e. The van der Waals surface area contributed by atoms with E-state index in [1.54, 1.807) is 18.2 Å². The van der Waals surface area contributed by atoms with Crippen LogP contribution in [0.25, 0.3) is 43.5 Å². The van der Waals surface area contributed by atoms with Crippen LogP contribution < -0.4 is 31.2 Å². The highest BCUT2D eigenvalue weighted by molar-refractivity contribution is 6.17. The molecular weight excluding hydrogens is 376 g/mol. The Kier molecular flexibility index (Phi) is 3.39. The van der Waals surface area contributed by atoms with E-state index in [1.807, 2.05) is 0 Å². The van der Waals surface area contributed by atoms with Gasteiger partial charge in [-0.1, -0.05) is 0 Å². The molecule has 7 heteroatoms. The molecule has 0 radical (unpaired) electrons. The third kappa shape index (κ3) is 2.12. The van der Waals surface area contributed by atoms with Crippen molar-refractivity contribution in [3.05, 3.63) is 77.3 Å². The van der Waals surface area contributed by atoms with Crippen LogP contribution >= 0.6 is 0 Å². The van der Waals surface area contributed by atoms with Crippen LogP contribution in [0.5, 0.6) is 11.5 Å². The maximum absolute atomic E-state index is 13.2. The summed E-state index contributed by atoms with van der Waals surface area (Å²) >= 11 is 0. The highest BCUT2D eigenvalue weighted by Crippen LogP contribution is 2.31. The van der Waals surface area contributed by atoms with E-state index >= 15 is 0 Å². The monoisotopic (exact) mass is 388 g/mol. The van der Waals surface area contributed by atoms with Gasteiger partial charge in [-0.05, 0) is 36.4 Å². The molecule has 5 rings (SSSR count). The molecule has 0 amide bonds. The first-order valence-electron chi connectivity index (χ1n) is 8.68. The number of furan rings is 1. The number of hydrogen-bond donors (Lipinski definition) is 0. The van der Waals surface area contributed by atoms with Crippen molar-refractivity contribution in [3.63, 3.8) is 0 Å². The average molecular weight is 388 g/mol. The second-order valence-corrected chi connectivity index (χ2v) is 6.65. The predicted octanol–water partition coefficient (Wildman–Crippen LogP) is 2.23. The molecule has 0 spiro atoms. The smallest absolute Gasteiger partial charge is 0.238 e. The average Bonchev–Trinajstić information content (AvgIpc) is 3.16. The number of fused-ring (bicyclic) bond motifs is 6. The van der Waals surface area contributed by atoms with Crippen molar-refractivity contribution in [1.82, 2.24) is 0 Å². The zero-order chi connectivity index (χ0) is 20.4. The van der Waals surface area contributed by atoms with Gasteiger partial charge in [0.25, 0.3) is 0 Å². The Morgan fingerprint density at radius 3 is 1.76 bits per heavy atom. The Hall–Kier alpha value is -4.00. The molecule has 0 aliphatic heterocycles. The molecule has 0 atom stereocenters. The zero-order valence-electron chi connectivity index (χ0n) is 15.3. The van der Waals surface area contributed by atoms with Crippen LogP contribution in [0.2, 0.25) is 0 Å². The SMILES string of the molecule is COc1ccc2c(=O)c3oc4c5cc(OC)ccc5c(=O)c(=O)c4c3c(=O)c2c1. The van der Waals surface area contributed by atoms with Gasteiger partial charge in [-0.2, -0.15) is 0 Å². The van der Waals surface area contributed by atoms with Crippen LogP contribution in [0.15, 0.2) is 60.0 Å². The summed E-state index contributed by atoms with van der Waals surface area (Å²) in [6.07, 6.45) is 0. The van der Waals surface area contributed by atoms with Crippen LogP contribution in [0.1, 0.15) is 0 Å². The molecule has 1 heterocycles. The molecular formula is C22H12O7.